The summed E-state index contributed by atoms with van der Waals surface area (Å²) in [5.41, 5.74) is 0. The molecule has 1 amide bonds. The monoisotopic (exact) mass is 385 g/mol. The van der Waals surface area contributed by atoms with Crippen LogP contribution in [0.3, 0.4) is 0 Å². The Balaban J connectivity index is 1.95. The van der Waals surface area contributed by atoms with Gasteiger partial charge in [0.25, 0.3) is 0 Å². The number of carbonyl (C=O) groups is 1. The molecular weight excluding hydrogens is 342 g/mol. The molecule has 5 nitrogen and oxygen atoms in total. The van der Waals surface area contributed by atoms with Crippen LogP contribution in [0.15, 0.2) is 0 Å². The van der Waals surface area contributed by atoms with E-state index < -0.39 is 6.10 Å². The molecule has 0 aliphatic carbocycles. The molecule has 0 spiro atoms. The van der Waals surface area contributed by atoms with Crippen molar-refractivity contribution in [3.05, 3.63) is 0 Å². The molecule has 27 heavy (non-hydrogen) atoms. The average molecular weight is 386 g/mol. The Kier molecular flexibility index (Phi) is 14.5. The van der Waals surface area contributed by atoms with Gasteiger partial charge in [0.05, 0.1) is 25.4 Å². The summed E-state index contributed by atoms with van der Waals surface area (Å²) in [6, 6.07) is -0.263. The summed E-state index contributed by atoms with van der Waals surface area (Å²) in [6.45, 7) is 5.02. The molecule has 1 aliphatic heterocycles. The van der Waals surface area contributed by atoms with Gasteiger partial charge < -0.3 is 14.6 Å². The largest absolute Gasteiger partial charge is 0.450 e. The van der Waals surface area contributed by atoms with E-state index in [0.717, 1.165) is 19.3 Å². The second kappa shape index (κ2) is 16.2. The van der Waals surface area contributed by atoms with Gasteiger partial charge >= 0.3 is 6.09 Å². The summed E-state index contributed by atoms with van der Waals surface area (Å²) in [7, 11) is 0. The quantitative estimate of drug-likeness (QED) is 0.349. The third-order valence-corrected chi connectivity index (χ3v) is 5.47. The zero-order chi connectivity index (χ0) is 19.7. The Morgan fingerprint density at radius 2 is 1.48 bits per heavy atom. The maximum Gasteiger partial charge on any atom is 0.412 e. The first-order chi connectivity index (χ1) is 13.2. The molecule has 160 valence electrons. The van der Waals surface area contributed by atoms with Gasteiger partial charge in [-0.2, -0.15) is 0 Å². The van der Waals surface area contributed by atoms with Crippen molar-refractivity contribution in [3.8, 4) is 0 Å². The lowest BCUT2D eigenvalue weighted by Crippen LogP contribution is -2.44. The van der Waals surface area contributed by atoms with Gasteiger partial charge in [-0.25, -0.2) is 4.79 Å². The lowest BCUT2D eigenvalue weighted by atomic mass is 10.0. The summed E-state index contributed by atoms with van der Waals surface area (Å²) in [6.07, 6.45) is 17.0. The number of ether oxygens (including phenoxy) is 2. The van der Waals surface area contributed by atoms with Crippen molar-refractivity contribution in [1.82, 2.24) is 4.90 Å². The highest BCUT2D eigenvalue weighted by Crippen LogP contribution is 2.19. The van der Waals surface area contributed by atoms with Crippen LogP contribution >= 0.6 is 0 Å². The van der Waals surface area contributed by atoms with E-state index in [1.165, 1.54) is 75.5 Å². The van der Waals surface area contributed by atoms with Crippen molar-refractivity contribution in [3.63, 3.8) is 0 Å². The summed E-state index contributed by atoms with van der Waals surface area (Å²) in [5.74, 6) is 0. The van der Waals surface area contributed by atoms with E-state index >= 15 is 0 Å². The number of rotatable bonds is 16. The summed E-state index contributed by atoms with van der Waals surface area (Å²) < 4.78 is 10.4. The van der Waals surface area contributed by atoms with Crippen molar-refractivity contribution < 1.29 is 19.4 Å². The highest BCUT2D eigenvalue weighted by molar-refractivity contribution is 5.68. The van der Waals surface area contributed by atoms with Crippen LogP contribution in [0.4, 0.5) is 4.79 Å². The summed E-state index contributed by atoms with van der Waals surface area (Å²) in [5, 5.41) is 10.4. The van der Waals surface area contributed by atoms with Gasteiger partial charge in [-0.3, -0.25) is 4.90 Å². The minimum atomic E-state index is -0.524. The van der Waals surface area contributed by atoms with Crippen LogP contribution in [0.5, 0.6) is 0 Å². The Morgan fingerprint density at radius 1 is 0.963 bits per heavy atom. The van der Waals surface area contributed by atoms with E-state index in [0.29, 0.717) is 13.2 Å². The molecule has 1 aliphatic rings. The normalized spacial score (nSPS) is 18.0. The first kappa shape index (κ1) is 24.2. The second-order valence-electron chi connectivity index (χ2n) is 7.83. The third-order valence-electron chi connectivity index (χ3n) is 5.47. The molecule has 0 saturated carbocycles. The first-order valence-electron chi connectivity index (χ1n) is 11.4. The van der Waals surface area contributed by atoms with Crippen LogP contribution in [0, 0.1) is 0 Å². The van der Waals surface area contributed by atoms with E-state index in [9.17, 15) is 9.90 Å². The van der Waals surface area contributed by atoms with E-state index in [1.54, 1.807) is 6.92 Å². The molecule has 0 aromatic carbocycles. The van der Waals surface area contributed by atoms with Crippen molar-refractivity contribution in [2.24, 2.45) is 0 Å². The molecule has 2 atom stereocenters. The van der Waals surface area contributed by atoms with E-state index in [1.807, 2.05) is 0 Å². The Bertz CT molecular complexity index is 364. The van der Waals surface area contributed by atoms with E-state index in [2.05, 4.69) is 6.92 Å². The zero-order valence-corrected chi connectivity index (χ0v) is 17.8. The standard InChI is InChI=1S/C22H43NO4/c1-3-5-6-7-8-9-10-11-12-13-14-15-16-17-21(24)20-18-26-19-23(20)22(25)27-4-2/h20-21,24H,3-19H2,1-2H3/t20-,21+/m0/s1. The highest BCUT2D eigenvalue weighted by Gasteiger charge is 2.35. The molecule has 1 rings (SSSR count). The Labute approximate surface area is 166 Å². The molecule has 0 aromatic heterocycles. The molecule has 1 N–H and O–H groups in total. The van der Waals surface area contributed by atoms with Gasteiger partial charge in [0.1, 0.15) is 6.73 Å². The number of hydrogen-bond donors (Lipinski definition) is 1. The number of hydrogen-bond acceptors (Lipinski definition) is 4. The fourth-order valence-electron chi connectivity index (χ4n) is 3.73. The topological polar surface area (TPSA) is 59.0 Å². The lowest BCUT2D eigenvalue weighted by Gasteiger charge is -2.25. The average Bonchev–Trinajstić information content (AvgIpc) is 3.15. The zero-order valence-electron chi connectivity index (χ0n) is 17.8. The third kappa shape index (κ3) is 10.9. The maximum absolute atomic E-state index is 11.9. The van der Waals surface area contributed by atoms with Crippen LogP contribution in [-0.2, 0) is 9.47 Å². The molecule has 0 unspecified atom stereocenters. The van der Waals surface area contributed by atoms with Gasteiger partial charge in [0.2, 0.25) is 0 Å². The number of nitrogens with zero attached hydrogens (tertiary/aromatic N) is 1. The van der Waals surface area contributed by atoms with Crippen molar-refractivity contribution in [2.45, 2.75) is 116 Å². The first-order valence-corrected chi connectivity index (χ1v) is 11.4. The molecular formula is C22H43NO4. The summed E-state index contributed by atoms with van der Waals surface area (Å²) in [4.78, 5) is 13.4. The molecule has 0 radical (unpaired) electrons. The van der Waals surface area contributed by atoms with Crippen molar-refractivity contribution in [1.29, 1.82) is 0 Å². The minimum absolute atomic E-state index is 0.221. The van der Waals surface area contributed by atoms with Crippen LogP contribution in [0.25, 0.3) is 0 Å². The van der Waals surface area contributed by atoms with Crippen molar-refractivity contribution >= 4 is 6.09 Å². The fraction of sp³-hybridized carbons (Fsp3) is 0.955. The van der Waals surface area contributed by atoms with Crippen LogP contribution in [0.2, 0.25) is 0 Å². The van der Waals surface area contributed by atoms with Gasteiger partial charge in [0, 0.05) is 0 Å². The smallest absolute Gasteiger partial charge is 0.412 e. The Morgan fingerprint density at radius 3 is 2.00 bits per heavy atom. The number of amides is 1. The SMILES string of the molecule is CCCCCCCCCCCCCCC[C@@H](O)[C@@H]1COCN1C(=O)OCC. The lowest BCUT2D eigenvalue weighted by molar-refractivity contribution is 0.0499. The minimum Gasteiger partial charge on any atom is -0.450 e. The molecule has 0 bridgehead atoms. The number of aliphatic hydroxyl groups is 1. The van der Waals surface area contributed by atoms with E-state index in [4.69, 9.17) is 9.47 Å². The van der Waals surface area contributed by atoms with Crippen molar-refractivity contribution in [2.75, 3.05) is 19.9 Å². The van der Waals surface area contributed by atoms with Crippen LogP contribution in [-0.4, -0.2) is 48.2 Å². The van der Waals surface area contributed by atoms with Gasteiger partial charge in [-0.05, 0) is 13.3 Å². The van der Waals surface area contributed by atoms with Crippen LogP contribution in [0.1, 0.15) is 104 Å². The number of unbranched alkanes of at least 4 members (excludes halogenated alkanes) is 12. The van der Waals surface area contributed by atoms with Gasteiger partial charge in [-0.15, -0.1) is 0 Å². The predicted molar refractivity (Wildman–Crippen MR) is 110 cm³/mol. The predicted octanol–water partition coefficient (Wildman–Crippen LogP) is 5.64. The molecule has 5 heteroatoms. The molecule has 1 heterocycles. The van der Waals surface area contributed by atoms with E-state index in [-0.39, 0.29) is 18.9 Å². The van der Waals surface area contributed by atoms with Gasteiger partial charge in [-0.1, -0.05) is 90.4 Å². The molecule has 1 fully saturated rings. The Hall–Kier alpha value is -0.810. The maximum atomic E-state index is 11.9. The number of aliphatic hydroxyl groups excluding tert-OH is 1. The summed E-state index contributed by atoms with van der Waals surface area (Å²) >= 11 is 0. The molecule has 1 saturated heterocycles. The fourth-order valence-corrected chi connectivity index (χ4v) is 3.73. The molecule has 0 aromatic rings. The number of carbonyl (C=O) groups excluding carboxylic acids is 1. The highest BCUT2D eigenvalue weighted by atomic mass is 16.6. The second-order valence-corrected chi connectivity index (χ2v) is 7.83. The van der Waals surface area contributed by atoms with Crippen LogP contribution < -0.4 is 0 Å². The van der Waals surface area contributed by atoms with Gasteiger partial charge in [0.15, 0.2) is 0 Å².